The van der Waals surface area contributed by atoms with Gasteiger partial charge in [0.05, 0.1) is 0 Å². The smallest absolute Gasteiger partial charge is 0.164 e. The lowest BCUT2D eigenvalue weighted by atomic mass is 10.0. The Morgan fingerprint density at radius 3 is 1.61 bits per heavy atom. The average Bonchev–Trinajstić information content (AvgIpc) is 3.11. The molecule has 5 aromatic rings. The van der Waals surface area contributed by atoms with Crippen molar-refractivity contribution in [3.05, 3.63) is 103 Å². The minimum Gasteiger partial charge on any atom is -0.314 e. The van der Waals surface area contributed by atoms with Gasteiger partial charge >= 0.3 is 0 Å². The van der Waals surface area contributed by atoms with Crippen molar-refractivity contribution in [3.63, 3.8) is 0 Å². The molecule has 5 heteroatoms. The second kappa shape index (κ2) is 7.61. The summed E-state index contributed by atoms with van der Waals surface area (Å²) in [5.41, 5.74) is 4.77. The largest absolute Gasteiger partial charge is 0.314 e. The molecule has 1 aliphatic heterocycles. The van der Waals surface area contributed by atoms with E-state index in [4.69, 9.17) is 15.0 Å². The number of benzene rings is 4. The Morgan fingerprint density at radius 1 is 0.515 bits per heavy atom. The van der Waals surface area contributed by atoms with Crippen LogP contribution in [-0.2, 0) is 4.57 Å². The molecule has 0 bridgehead atoms. The highest BCUT2D eigenvalue weighted by molar-refractivity contribution is 7.79. The quantitative estimate of drug-likeness (QED) is 0.330. The van der Waals surface area contributed by atoms with Gasteiger partial charge < -0.3 is 4.57 Å². The molecule has 0 radical (unpaired) electrons. The molecular weight excluding hydrogens is 425 g/mol. The number of hydrogen-bond acceptors (Lipinski definition) is 4. The van der Waals surface area contributed by atoms with Gasteiger partial charge in [-0.2, -0.15) is 0 Å². The highest BCUT2D eigenvalue weighted by Gasteiger charge is 2.34. The van der Waals surface area contributed by atoms with E-state index >= 15 is 0 Å². The lowest BCUT2D eigenvalue weighted by Crippen LogP contribution is -2.08. The molecule has 158 valence electrons. The molecule has 6 rings (SSSR count). The Kier molecular flexibility index (Phi) is 4.56. The molecule has 4 aromatic carbocycles. The van der Waals surface area contributed by atoms with Crippen molar-refractivity contribution in [1.82, 2.24) is 15.0 Å². The fourth-order valence-corrected chi connectivity index (χ4v) is 6.69. The predicted molar refractivity (Wildman–Crippen MR) is 134 cm³/mol. The van der Waals surface area contributed by atoms with Gasteiger partial charge in [-0.3, -0.25) is 0 Å². The van der Waals surface area contributed by atoms with Gasteiger partial charge in [-0.15, -0.1) is 0 Å². The van der Waals surface area contributed by atoms with Crippen LogP contribution in [0.25, 0.3) is 45.3 Å². The number of rotatable bonds is 3. The summed E-state index contributed by atoms with van der Waals surface area (Å²) in [6.07, 6.45) is 0. The van der Waals surface area contributed by atoms with Crippen molar-refractivity contribution in [1.29, 1.82) is 0 Å². The summed E-state index contributed by atoms with van der Waals surface area (Å²) in [5.74, 6) is 1.85. The fourth-order valence-electron chi connectivity index (χ4n) is 4.40. The molecule has 1 atom stereocenters. The zero-order chi connectivity index (χ0) is 22.4. The van der Waals surface area contributed by atoms with E-state index in [1.165, 1.54) is 0 Å². The zero-order valence-corrected chi connectivity index (χ0v) is 18.9. The molecule has 0 amide bonds. The zero-order valence-electron chi connectivity index (χ0n) is 18.0. The summed E-state index contributed by atoms with van der Waals surface area (Å²) in [4.78, 5) is 14.4. The monoisotopic (exact) mass is 445 g/mol. The molecule has 0 fully saturated rings. The normalized spacial score (nSPS) is 16.3. The molecular formula is C28H20N3OP. The minimum atomic E-state index is -2.60. The first-order chi connectivity index (χ1) is 16.1. The van der Waals surface area contributed by atoms with Gasteiger partial charge in [-0.05, 0) is 29.9 Å². The van der Waals surface area contributed by atoms with E-state index < -0.39 is 7.14 Å². The molecule has 1 aliphatic rings. The first kappa shape index (κ1) is 19.8. The number of hydrogen-bond donors (Lipinski definition) is 0. The molecule has 1 unspecified atom stereocenters. The van der Waals surface area contributed by atoms with E-state index in [-0.39, 0.29) is 0 Å². The van der Waals surface area contributed by atoms with E-state index in [0.717, 1.165) is 38.4 Å². The van der Waals surface area contributed by atoms with Gasteiger partial charge in [0.25, 0.3) is 0 Å². The number of aromatic nitrogens is 3. The molecule has 0 saturated carbocycles. The highest BCUT2D eigenvalue weighted by atomic mass is 31.2. The Morgan fingerprint density at radius 2 is 1.00 bits per heavy atom. The van der Waals surface area contributed by atoms with Gasteiger partial charge in [-0.25, -0.2) is 15.0 Å². The van der Waals surface area contributed by atoms with Gasteiger partial charge in [0, 0.05) is 27.3 Å². The van der Waals surface area contributed by atoms with Crippen LogP contribution in [0.3, 0.4) is 0 Å². The molecule has 0 N–H and O–H groups in total. The summed E-state index contributed by atoms with van der Waals surface area (Å²) in [7, 11) is -2.60. The summed E-state index contributed by atoms with van der Waals surface area (Å²) < 4.78 is 13.5. The van der Waals surface area contributed by atoms with E-state index in [1.54, 1.807) is 0 Å². The van der Waals surface area contributed by atoms with E-state index in [2.05, 4.69) is 6.07 Å². The van der Waals surface area contributed by atoms with Crippen molar-refractivity contribution in [2.24, 2.45) is 0 Å². The second-order valence-electron chi connectivity index (χ2n) is 8.21. The number of fused-ring (bicyclic) bond motifs is 3. The molecule has 4 nitrogen and oxygen atoms in total. The molecule has 0 saturated heterocycles. The maximum absolute atomic E-state index is 13.5. The first-order valence-corrected chi connectivity index (χ1v) is 13.0. The van der Waals surface area contributed by atoms with E-state index in [9.17, 15) is 4.57 Å². The van der Waals surface area contributed by atoms with Crippen LogP contribution in [0, 0.1) is 0 Å². The first-order valence-electron chi connectivity index (χ1n) is 10.8. The third-order valence-electron chi connectivity index (χ3n) is 6.07. The van der Waals surface area contributed by atoms with Crippen LogP contribution in [0.2, 0.25) is 0 Å². The van der Waals surface area contributed by atoms with Gasteiger partial charge in [0.2, 0.25) is 0 Å². The van der Waals surface area contributed by atoms with Gasteiger partial charge in [0.15, 0.2) is 17.5 Å². The van der Waals surface area contributed by atoms with Crippen molar-refractivity contribution in [2.45, 2.75) is 0 Å². The van der Waals surface area contributed by atoms with Crippen LogP contribution < -0.4 is 10.6 Å². The Hall–Kier alpha value is -3.88. The average molecular weight is 445 g/mol. The molecule has 0 aliphatic carbocycles. The Balaban J connectivity index is 1.56. The van der Waals surface area contributed by atoms with Crippen LogP contribution in [-0.4, -0.2) is 21.6 Å². The summed E-state index contributed by atoms with van der Waals surface area (Å²) in [6, 6.07) is 33.8. The third kappa shape index (κ3) is 3.31. The van der Waals surface area contributed by atoms with Crippen molar-refractivity contribution < 1.29 is 4.57 Å². The maximum Gasteiger partial charge on any atom is 0.164 e. The van der Waals surface area contributed by atoms with E-state index in [0.29, 0.717) is 17.5 Å². The van der Waals surface area contributed by atoms with Crippen molar-refractivity contribution >= 4 is 17.8 Å². The van der Waals surface area contributed by atoms with Crippen LogP contribution in [0.5, 0.6) is 0 Å². The van der Waals surface area contributed by atoms with Crippen molar-refractivity contribution in [2.75, 3.05) is 6.66 Å². The Bertz CT molecular complexity index is 1490. The third-order valence-corrected chi connectivity index (χ3v) is 8.69. The summed E-state index contributed by atoms with van der Waals surface area (Å²) in [5, 5.41) is 1.82. The fraction of sp³-hybridized carbons (Fsp3) is 0.0357. The molecule has 0 spiro atoms. The lowest BCUT2D eigenvalue weighted by Gasteiger charge is -2.10. The van der Waals surface area contributed by atoms with Gasteiger partial charge in [0.1, 0.15) is 7.14 Å². The summed E-state index contributed by atoms with van der Waals surface area (Å²) in [6.45, 7) is 1.85. The highest BCUT2D eigenvalue weighted by Crippen LogP contribution is 2.50. The predicted octanol–water partition coefficient (Wildman–Crippen LogP) is 5.80. The van der Waals surface area contributed by atoms with Crippen molar-refractivity contribution in [3.8, 4) is 45.3 Å². The molecule has 33 heavy (non-hydrogen) atoms. The molecule has 2 heterocycles. The second-order valence-corrected chi connectivity index (χ2v) is 11.0. The SMILES string of the molecule is CP1(=O)c2ccccc2-c2cc(-c3nc(-c4ccccc4)nc(-c4ccccc4)n3)ccc21. The Labute approximate surface area is 192 Å². The minimum absolute atomic E-state index is 0.598. The lowest BCUT2D eigenvalue weighted by molar-refractivity contribution is 0.591. The van der Waals surface area contributed by atoms with Crippen LogP contribution in [0.1, 0.15) is 0 Å². The van der Waals surface area contributed by atoms with Crippen LogP contribution >= 0.6 is 7.14 Å². The van der Waals surface area contributed by atoms with Crippen LogP contribution in [0.15, 0.2) is 103 Å². The van der Waals surface area contributed by atoms with Crippen LogP contribution in [0.4, 0.5) is 0 Å². The number of nitrogens with zero attached hydrogens (tertiary/aromatic N) is 3. The topological polar surface area (TPSA) is 55.7 Å². The maximum atomic E-state index is 13.5. The molecule has 1 aromatic heterocycles. The standard InChI is InChI=1S/C28H20N3OP/c1-33(32)24-15-9-8-14-22(24)23-18-21(16-17-25(23)33)28-30-26(19-10-4-2-5-11-19)29-27(31-28)20-12-6-3-7-13-20/h2-18H,1H3. The van der Waals surface area contributed by atoms with E-state index in [1.807, 2.05) is 104 Å². The summed E-state index contributed by atoms with van der Waals surface area (Å²) >= 11 is 0. The van der Waals surface area contributed by atoms with Gasteiger partial charge in [-0.1, -0.05) is 91.0 Å².